The van der Waals surface area contributed by atoms with Crippen molar-refractivity contribution in [3.63, 3.8) is 0 Å². The minimum absolute atomic E-state index is 0.0522. The van der Waals surface area contributed by atoms with Gasteiger partial charge in [-0.1, -0.05) is 11.8 Å². The van der Waals surface area contributed by atoms with E-state index in [1.165, 1.54) is 0 Å². The van der Waals surface area contributed by atoms with Gasteiger partial charge in [0, 0.05) is 30.0 Å². The quantitative estimate of drug-likeness (QED) is 0.412. The van der Waals surface area contributed by atoms with Crippen LogP contribution in [0.2, 0.25) is 0 Å². The molecule has 6 nitrogen and oxygen atoms in total. The molecule has 3 heterocycles. The molecule has 1 aliphatic rings. The number of hydrogen-bond donors (Lipinski definition) is 1. The van der Waals surface area contributed by atoms with Gasteiger partial charge in [0.15, 0.2) is 6.20 Å². The van der Waals surface area contributed by atoms with E-state index in [2.05, 4.69) is 16.6 Å². The number of pyridine rings is 1. The van der Waals surface area contributed by atoms with Crippen molar-refractivity contribution in [2.24, 2.45) is 7.05 Å². The fraction of sp³-hybridized carbons (Fsp3) is 0.143. The molecule has 1 aliphatic heterocycles. The summed E-state index contributed by atoms with van der Waals surface area (Å²) in [6, 6.07) is 10.7. The summed E-state index contributed by atoms with van der Waals surface area (Å²) in [6.45, 7) is 0. The lowest BCUT2D eigenvalue weighted by molar-refractivity contribution is -0.673. The summed E-state index contributed by atoms with van der Waals surface area (Å²) >= 11 is 0. The van der Waals surface area contributed by atoms with Gasteiger partial charge in [0.25, 0.3) is 0 Å². The number of nitrogens with one attached hydrogen (secondary N) is 1. The molecule has 0 bridgehead atoms. The summed E-state index contributed by atoms with van der Waals surface area (Å²) in [7, 11) is -1.55. The number of nitrogens with zero attached hydrogens (tertiary/aromatic N) is 1. The first-order chi connectivity index (χ1) is 13.4. The van der Waals surface area contributed by atoms with Crippen molar-refractivity contribution in [3.05, 3.63) is 69.8 Å². The van der Waals surface area contributed by atoms with Crippen LogP contribution in [0.15, 0.2) is 51.8 Å². The molecule has 7 heteroatoms. The van der Waals surface area contributed by atoms with E-state index in [9.17, 15) is 13.2 Å². The van der Waals surface area contributed by atoms with Gasteiger partial charge in [0.2, 0.25) is 15.7 Å². The molecular weight excluding hydrogens is 376 g/mol. The van der Waals surface area contributed by atoms with Gasteiger partial charge in [-0.15, -0.1) is 0 Å². The van der Waals surface area contributed by atoms with Crippen LogP contribution in [-0.4, -0.2) is 14.2 Å². The first kappa shape index (κ1) is 18.0. The third-order valence-electron chi connectivity index (χ3n) is 4.41. The fourth-order valence-electron chi connectivity index (χ4n) is 2.93. The summed E-state index contributed by atoms with van der Waals surface area (Å²) in [5.41, 5.74) is 2.05. The van der Waals surface area contributed by atoms with Crippen molar-refractivity contribution >= 4 is 38.8 Å². The SMILES string of the molecule is C[n+]1ccccc1/C=C/c1cc2cc3c(cc2oc1=O)C#CCCS(=O)(=O)N3. The Kier molecular flexibility index (Phi) is 4.49. The van der Waals surface area contributed by atoms with Gasteiger partial charge in [-0.05, 0) is 30.3 Å². The molecule has 1 aromatic carbocycles. The average molecular weight is 393 g/mol. The molecule has 0 atom stereocenters. The van der Waals surface area contributed by atoms with Crippen molar-refractivity contribution < 1.29 is 17.4 Å². The molecule has 28 heavy (non-hydrogen) atoms. The van der Waals surface area contributed by atoms with Gasteiger partial charge in [-0.3, -0.25) is 4.72 Å². The maximum atomic E-state index is 12.4. The van der Waals surface area contributed by atoms with Crippen LogP contribution in [0.3, 0.4) is 0 Å². The minimum Gasteiger partial charge on any atom is -0.422 e. The molecule has 0 aliphatic carbocycles. The van der Waals surface area contributed by atoms with E-state index in [0.717, 1.165) is 5.69 Å². The number of aromatic nitrogens is 1. The van der Waals surface area contributed by atoms with Crippen LogP contribution in [0, 0.1) is 11.8 Å². The topological polar surface area (TPSA) is 80.3 Å². The molecule has 2 aromatic heterocycles. The van der Waals surface area contributed by atoms with Gasteiger partial charge in [0.1, 0.15) is 12.6 Å². The summed E-state index contributed by atoms with van der Waals surface area (Å²) in [5, 5.41) is 0.612. The van der Waals surface area contributed by atoms with E-state index < -0.39 is 15.6 Å². The number of hydrogen-bond acceptors (Lipinski definition) is 4. The second kappa shape index (κ2) is 6.98. The molecule has 0 amide bonds. The van der Waals surface area contributed by atoms with Gasteiger partial charge in [0.05, 0.1) is 22.6 Å². The van der Waals surface area contributed by atoms with E-state index >= 15 is 0 Å². The Labute approximate surface area is 162 Å². The summed E-state index contributed by atoms with van der Waals surface area (Å²) in [4.78, 5) is 12.4. The summed E-state index contributed by atoms with van der Waals surface area (Å²) < 4.78 is 34.1. The van der Waals surface area contributed by atoms with E-state index in [1.807, 2.05) is 42.1 Å². The normalized spacial score (nSPS) is 15.2. The largest absolute Gasteiger partial charge is 0.422 e. The molecule has 1 N–H and O–H groups in total. The summed E-state index contributed by atoms with van der Waals surface area (Å²) in [6.07, 6.45) is 5.66. The number of anilines is 1. The third-order valence-corrected chi connectivity index (χ3v) is 5.68. The van der Waals surface area contributed by atoms with Crippen molar-refractivity contribution in [1.82, 2.24) is 0 Å². The zero-order valence-corrected chi connectivity index (χ0v) is 15.9. The Morgan fingerprint density at radius 1 is 1.21 bits per heavy atom. The van der Waals surface area contributed by atoms with Crippen LogP contribution in [0.4, 0.5) is 5.69 Å². The van der Waals surface area contributed by atoms with Crippen LogP contribution in [0.1, 0.15) is 23.2 Å². The lowest BCUT2D eigenvalue weighted by Gasteiger charge is -2.12. The lowest BCUT2D eigenvalue weighted by atomic mass is 10.1. The number of benzene rings is 1. The van der Waals surface area contributed by atoms with Crippen molar-refractivity contribution in [1.29, 1.82) is 0 Å². The minimum atomic E-state index is -3.46. The van der Waals surface area contributed by atoms with Gasteiger partial charge >= 0.3 is 5.63 Å². The molecular formula is C21H17N2O4S+. The zero-order valence-electron chi connectivity index (χ0n) is 15.1. The second-order valence-corrected chi connectivity index (χ2v) is 8.31. The number of fused-ring (bicyclic) bond motifs is 2. The Morgan fingerprint density at radius 3 is 2.89 bits per heavy atom. The maximum Gasteiger partial charge on any atom is 0.343 e. The monoisotopic (exact) mass is 393 g/mol. The van der Waals surface area contributed by atoms with Crippen molar-refractivity contribution in [3.8, 4) is 11.8 Å². The van der Waals surface area contributed by atoms with Crippen LogP contribution >= 0.6 is 0 Å². The molecule has 140 valence electrons. The Balaban J connectivity index is 1.82. The molecule has 4 rings (SSSR count). The van der Waals surface area contributed by atoms with Gasteiger partial charge in [-0.2, -0.15) is 0 Å². The van der Waals surface area contributed by atoms with Crippen LogP contribution in [0.25, 0.3) is 23.1 Å². The van der Waals surface area contributed by atoms with Gasteiger partial charge < -0.3 is 4.42 Å². The number of rotatable bonds is 2. The molecule has 0 radical (unpaired) electrons. The summed E-state index contributed by atoms with van der Waals surface area (Å²) in [5.74, 6) is 5.71. The first-order valence-electron chi connectivity index (χ1n) is 8.65. The third kappa shape index (κ3) is 3.68. The maximum absolute atomic E-state index is 12.4. The molecule has 0 unspecified atom stereocenters. The van der Waals surface area contributed by atoms with Crippen LogP contribution in [-0.2, 0) is 17.1 Å². The highest BCUT2D eigenvalue weighted by Crippen LogP contribution is 2.25. The predicted molar refractivity (Wildman–Crippen MR) is 108 cm³/mol. The smallest absolute Gasteiger partial charge is 0.343 e. The number of aryl methyl sites for hydroxylation is 1. The molecule has 3 aromatic rings. The Bertz CT molecular complexity index is 1340. The average Bonchev–Trinajstić information content (AvgIpc) is 2.64. The Morgan fingerprint density at radius 2 is 2.07 bits per heavy atom. The first-order valence-corrected chi connectivity index (χ1v) is 10.3. The van der Waals surface area contributed by atoms with Crippen molar-refractivity contribution in [2.75, 3.05) is 10.5 Å². The zero-order chi connectivity index (χ0) is 19.7. The van der Waals surface area contributed by atoms with E-state index in [1.54, 1.807) is 24.3 Å². The molecule has 0 saturated heterocycles. The van der Waals surface area contributed by atoms with E-state index in [0.29, 0.717) is 27.8 Å². The number of sulfonamides is 1. The standard InChI is InChI=1S/C21H17N2O4S/c1-23-10-4-2-7-18(23)9-8-16-12-17-13-19-15(14-20(17)27-21(16)24)6-3-5-11-28(25,26)22-19/h2,4,7-10,12-14,22H,5,11H2,1H3/q+1/b9-8+. The highest BCUT2D eigenvalue weighted by Gasteiger charge is 2.16. The van der Waals surface area contributed by atoms with E-state index in [4.69, 9.17) is 4.42 Å². The lowest BCUT2D eigenvalue weighted by Crippen LogP contribution is -2.30. The van der Waals surface area contributed by atoms with Crippen LogP contribution in [0.5, 0.6) is 0 Å². The fourth-order valence-corrected chi connectivity index (χ4v) is 3.91. The van der Waals surface area contributed by atoms with E-state index in [-0.39, 0.29) is 12.2 Å². The molecule has 0 spiro atoms. The highest BCUT2D eigenvalue weighted by molar-refractivity contribution is 7.92. The van der Waals surface area contributed by atoms with Gasteiger partial charge in [-0.25, -0.2) is 17.8 Å². The predicted octanol–water partition coefficient (Wildman–Crippen LogP) is 2.28. The van der Waals surface area contributed by atoms with Crippen LogP contribution < -0.4 is 14.9 Å². The second-order valence-electron chi connectivity index (χ2n) is 6.47. The molecule has 0 saturated carbocycles. The van der Waals surface area contributed by atoms with Crippen molar-refractivity contribution in [2.45, 2.75) is 6.42 Å². The molecule has 0 fully saturated rings. The highest BCUT2D eigenvalue weighted by atomic mass is 32.2. The Hall–Kier alpha value is -3.37.